The molecule has 150 valence electrons. The van der Waals surface area contributed by atoms with Crippen LogP contribution in [-0.4, -0.2) is 62.8 Å². The minimum Gasteiger partial charge on any atom is -0.492 e. The highest BCUT2D eigenvalue weighted by molar-refractivity contribution is 5.81. The first kappa shape index (κ1) is 20.1. The quantitative estimate of drug-likeness (QED) is 0.727. The second-order valence-corrected chi connectivity index (χ2v) is 7.54. The average molecular weight is 376 g/mol. The van der Waals surface area contributed by atoms with Crippen molar-refractivity contribution in [1.29, 1.82) is 0 Å². The molecule has 1 aromatic rings. The van der Waals surface area contributed by atoms with Crippen LogP contribution in [0.4, 0.5) is 0 Å². The fourth-order valence-corrected chi connectivity index (χ4v) is 3.75. The number of amides is 1. The maximum absolute atomic E-state index is 12.2. The maximum atomic E-state index is 12.2. The number of benzene rings is 1. The molecule has 0 spiro atoms. The summed E-state index contributed by atoms with van der Waals surface area (Å²) in [5.41, 5.74) is 1.06. The summed E-state index contributed by atoms with van der Waals surface area (Å²) in [7, 11) is 2.16. The molecule has 2 aliphatic rings. The second-order valence-electron chi connectivity index (χ2n) is 7.54. The Hall–Kier alpha value is -1.63. The van der Waals surface area contributed by atoms with Crippen LogP contribution < -0.4 is 15.4 Å². The van der Waals surface area contributed by atoms with Gasteiger partial charge < -0.3 is 20.1 Å². The van der Waals surface area contributed by atoms with E-state index in [0.717, 1.165) is 69.7 Å². The Morgan fingerprint density at radius 3 is 2.93 bits per heavy atom. The van der Waals surface area contributed by atoms with Crippen molar-refractivity contribution in [3.8, 4) is 5.75 Å². The summed E-state index contributed by atoms with van der Waals surface area (Å²) in [5, 5.41) is 6.32. The highest BCUT2D eigenvalue weighted by Gasteiger charge is 2.20. The van der Waals surface area contributed by atoms with Crippen molar-refractivity contribution in [2.45, 2.75) is 50.7 Å². The minimum atomic E-state index is -0.0427. The standard InChI is InChI=1S/C21H33N3O3/c1-24(18-8-12-26-13-9-18)11-14-27-19-6-4-5-17(15-19)16-23-21(25)20-7-2-3-10-22-20/h4-6,15,18,20,22H,2-3,7-14,16H2,1H3,(H,23,25)/t20-/m1/s1. The van der Waals surface area contributed by atoms with Crippen molar-refractivity contribution in [3.05, 3.63) is 29.8 Å². The zero-order valence-corrected chi connectivity index (χ0v) is 16.4. The minimum absolute atomic E-state index is 0.0427. The molecule has 2 heterocycles. The van der Waals surface area contributed by atoms with Crippen LogP contribution in [0.1, 0.15) is 37.7 Å². The smallest absolute Gasteiger partial charge is 0.237 e. The molecule has 0 aromatic heterocycles. The zero-order valence-electron chi connectivity index (χ0n) is 16.4. The van der Waals surface area contributed by atoms with Crippen LogP contribution in [-0.2, 0) is 16.1 Å². The Morgan fingerprint density at radius 2 is 2.15 bits per heavy atom. The number of ether oxygens (including phenoxy) is 2. The number of hydrogen-bond acceptors (Lipinski definition) is 5. The number of nitrogens with one attached hydrogen (secondary N) is 2. The third-order valence-electron chi connectivity index (χ3n) is 5.52. The summed E-state index contributed by atoms with van der Waals surface area (Å²) >= 11 is 0. The molecule has 6 heteroatoms. The van der Waals surface area contributed by atoms with Gasteiger partial charge in [-0.3, -0.25) is 9.69 Å². The lowest BCUT2D eigenvalue weighted by molar-refractivity contribution is -0.123. The molecule has 1 amide bonds. The van der Waals surface area contributed by atoms with Gasteiger partial charge in [0.25, 0.3) is 0 Å². The topological polar surface area (TPSA) is 62.8 Å². The van der Waals surface area contributed by atoms with E-state index in [1.165, 1.54) is 0 Å². The lowest BCUT2D eigenvalue weighted by Crippen LogP contribution is -2.46. The zero-order chi connectivity index (χ0) is 18.9. The first-order chi connectivity index (χ1) is 13.2. The highest BCUT2D eigenvalue weighted by atomic mass is 16.5. The molecule has 0 bridgehead atoms. The van der Waals surface area contributed by atoms with Crippen LogP contribution in [0.3, 0.4) is 0 Å². The summed E-state index contributed by atoms with van der Waals surface area (Å²) in [6.07, 6.45) is 5.41. The van der Waals surface area contributed by atoms with Gasteiger partial charge in [-0.15, -0.1) is 0 Å². The Kier molecular flexibility index (Phi) is 7.93. The Bertz CT molecular complexity index is 584. The third kappa shape index (κ3) is 6.48. The number of carbonyl (C=O) groups excluding carboxylic acids is 1. The number of hydrogen-bond donors (Lipinski definition) is 2. The molecule has 0 aliphatic carbocycles. The summed E-state index contributed by atoms with van der Waals surface area (Å²) in [6.45, 7) is 4.76. The fraction of sp³-hybridized carbons (Fsp3) is 0.667. The molecule has 2 aliphatic heterocycles. The van der Waals surface area contributed by atoms with Gasteiger partial charge in [0, 0.05) is 32.3 Å². The first-order valence-electron chi connectivity index (χ1n) is 10.2. The summed E-state index contributed by atoms with van der Waals surface area (Å²) in [6, 6.07) is 8.55. The van der Waals surface area contributed by atoms with Gasteiger partial charge in [-0.1, -0.05) is 18.6 Å². The third-order valence-corrected chi connectivity index (χ3v) is 5.52. The first-order valence-corrected chi connectivity index (χ1v) is 10.2. The lowest BCUT2D eigenvalue weighted by Gasteiger charge is -2.31. The number of nitrogens with zero attached hydrogens (tertiary/aromatic N) is 1. The lowest BCUT2D eigenvalue weighted by atomic mass is 10.0. The predicted octanol–water partition coefficient (Wildman–Crippen LogP) is 1.93. The Morgan fingerprint density at radius 1 is 1.30 bits per heavy atom. The molecule has 2 saturated heterocycles. The van der Waals surface area contributed by atoms with Gasteiger partial charge in [0.2, 0.25) is 5.91 Å². The Labute approximate surface area is 162 Å². The van der Waals surface area contributed by atoms with Crippen LogP contribution in [0, 0.1) is 0 Å². The molecule has 3 rings (SSSR count). The molecular formula is C21H33N3O3. The molecule has 1 aromatic carbocycles. The molecule has 0 radical (unpaired) electrons. The van der Waals surface area contributed by atoms with Crippen molar-refractivity contribution in [2.75, 3.05) is 40.0 Å². The number of rotatable bonds is 8. The van der Waals surface area contributed by atoms with Crippen LogP contribution >= 0.6 is 0 Å². The van der Waals surface area contributed by atoms with E-state index in [1.807, 2.05) is 24.3 Å². The summed E-state index contributed by atoms with van der Waals surface area (Å²) in [4.78, 5) is 14.6. The molecule has 0 unspecified atom stereocenters. The van der Waals surface area contributed by atoms with Crippen molar-refractivity contribution in [3.63, 3.8) is 0 Å². The van der Waals surface area contributed by atoms with E-state index >= 15 is 0 Å². The van der Waals surface area contributed by atoms with Crippen molar-refractivity contribution >= 4 is 5.91 Å². The second kappa shape index (κ2) is 10.6. The summed E-state index contributed by atoms with van der Waals surface area (Å²) in [5.74, 6) is 0.956. The van der Waals surface area contributed by atoms with Crippen LogP contribution in [0.5, 0.6) is 5.75 Å². The van der Waals surface area contributed by atoms with E-state index in [1.54, 1.807) is 0 Å². The monoisotopic (exact) mass is 375 g/mol. The predicted molar refractivity (Wildman–Crippen MR) is 106 cm³/mol. The largest absolute Gasteiger partial charge is 0.492 e. The van der Waals surface area contributed by atoms with Gasteiger partial charge in [-0.05, 0) is 57.0 Å². The molecule has 2 fully saturated rings. The van der Waals surface area contributed by atoms with Gasteiger partial charge >= 0.3 is 0 Å². The van der Waals surface area contributed by atoms with Crippen molar-refractivity contribution in [1.82, 2.24) is 15.5 Å². The van der Waals surface area contributed by atoms with Crippen LogP contribution in [0.2, 0.25) is 0 Å². The van der Waals surface area contributed by atoms with Gasteiger partial charge in [0.05, 0.1) is 6.04 Å². The maximum Gasteiger partial charge on any atom is 0.237 e. The Balaban J connectivity index is 1.39. The molecule has 1 atom stereocenters. The van der Waals surface area contributed by atoms with Gasteiger partial charge in [-0.2, -0.15) is 0 Å². The highest BCUT2D eigenvalue weighted by Crippen LogP contribution is 2.15. The van der Waals surface area contributed by atoms with E-state index in [-0.39, 0.29) is 11.9 Å². The molecule has 6 nitrogen and oxygen atoms in total. The molecule has 27 heavy (non-hydrogen) atoms. The van der Waals surface area contributed by atoms with Crippen molar-refractivity contribution in [2.24, 2.45) is 0 Å². The van der Waals surface area contributed by atoms with Crippen molar-refractivity contribution < 1.29 is 14.3 Å². The van der Waals surface area contributed by atoms with E-state index < -0.39 is 0 Å². The van der Waals surface area contributed by atoms with Crippen LogP contribution in [0.25, 0.3) is 0 Å². The van der Waals surface area contributed by atoms with Crippen LogP contribution in [0.15, 0.2) is 24.3 Å². The van der Waals surface area contributed by atoms with Gasteiger partial charge in [0.1, 0.15) is 12.4 Å². The van der Waals surface area contributed by atoms with Gasteiger partial charge in [0.15, 0.2) is 0 Å². The number of carbonyl (C=O) groups is 1. The normalized spacial score (nSPS) is 21.2. The molecule has 0 saturated carbocycles. The van der Waals surface area contributed by atoms with E-state index in [9.17, 15) is 4.79 Å². The number of piperidine rings is 1. The van der Waals surface area contributed by atoms with Gasteiger partial charge in [-0.25, -0.2) is 0 Å². The number of likely N-dealkylation sites (N-methyl/N-ethyl adjacent to an activating group) is 1. The van der Waals surface area contributed by atoms with E-state index in [2.05, 4.69) is 22.6 Å². The van der Waals surface area contributed by atoms with E-state index in [4.69, 9.17) is 9.47 Å². The SMILES string of the molecule is CN(CCOc1cccc(CNC(=O)[C@H]2CCCCN2)c1)C1CCOCC1. The van der Waals surface area contributed by atoms with E-state index in [0.29, 0.717) is 19.2 Å². The summed E-state index contributed by atoms with van der Waals surface area (Å²) < 4.78 is 11.4. The average Bonchev–Trinajstić information content (AvgIpc) is 2.73. The molecule has 2 N–H and O–H groups in total. The molecular weight excluding hydrogens is 342 g/mol. The fourth-order valence-electron chi connectivity index (χ4n) is 3.75.